The van der Waals surface area contributed by atoms with E-state index in [1.165, 1.54) is 39.1 Å². The van der Waals surface area contributed by atoms with Crippen LogP contribution in [0, 0.1) is 0 Å². The van der Waals surface area contributed by atoms with E-state index >= 15 is 0 Å². The monoisotopic (exact) mass is 500 g/mol. The van der Waals surface area contributed by atoms with Gasteiger partial charge in [-0.15, -0.1) is 0 Å². The van der Waals surface area contributed by atoms with Gasteiger partial charge in [-0.25, -0.2) is 0 Å². The highest BCUT2D eigenvalue weighted by atomic mass is 16.3. The lowest BCUT2D eigenvalue weighted by Crippen LogP contribution is -2.26. The first-order valence-electron chi connectivity index (χ1n) is 13.5. The fourth-order valence-electron chi connectivity index (χ4n) is 6.98. The molecule has 9 rings (SSSR count). The maximum absolute atomic E-state index is 6.58. The molecule has 3 heterocycles. The van der Waals surface area contributed by atoms with Crippen molar-refractivity contribution in [3.8, 4) is 5.69 Å². The van der Waals surface area contributed by atoms with Gasteiger partial charge in [0.25, 0.3) is 0 Å². The molecule has 3 nitrogen and oxygen atoms in total. The van der Waals surface area contributed by atoms with Crippen LogP contribution >= 0.6 is 0 Å². The molecule has 2 aliphatic rings. The zero-order chi connectivity index (χ0) is 25.5. The van der Waals surface area contributed by atoms with E-state index in [1.54, 1.807) is 0 Å². The van der Waals surface area contributed by atoms with Crippen LogP contribution in [0.1, 0.15) is 28.8 Å². The van der Waals surface area contributed by atoms with Crippen molar-refractivity contribution >= 4 is 50.3 Å². The molecule has 1 aliphatic carbocycles. The lowest BCUT2D eigenvalue weighted by atomic mass is 9.86. The van der Waals surface area contributed by atoms with Gasteiger partial charge in [0.05, 0.1) is 22.9 Å². The summed E-state index contributed by atoms with van der Waals surface area (Å²) in [6.45, 7) is 0. The van der Waals surface area contributed by atoms with Gasteiger partial charge in [0, 0.05) is 39.0 Å². The van der Waals surface area contributed by atoms with Crippen molar-refractivity contribution in [3.63, 3.8) is 0 Å². The number of benzene rings is 5. The Kier molecular flexibility index (Phi) is 4.17. The number of hydrogen-bond acceptors (Lipinski definition) is 2. The standard InChI is InChI=1S/C36H24N2O/c1-2-11-23(12-3-1)37-30-17-7-4-13-24(30)27-21-22-28-25-14-5-8-18-31(25)38(35(28)34(27)37)32-19-10-16-29-26-15-6-9-20-33(26)39-36(29)32/h1-22,27,34H. The van der Waals surface area contributed by atoms with Gasteiger partial charge in [-0.1, -0.05) is 97.1 Å². The van der Waals surface area contributed by atoms with Crippen LogP contribution in [0.2, 0.25) is 0 Å². The molecule has 0 saturated carbocycles. The summed E-state index contributed by atoms with van der Waals surface area (Å²) in [4.78, 5) is 2.54. The van der Waals surface area contributed by atoms with Crippen LogP contribution in [0.3, 0.4) is 0 Å². The Bertz CT molecular complexity index is 2100. The Balaban J connectivity index is 1.40. The van der Waals surface area contributed by atoms with E-state index in [1.807, 2.05) is 6.07 Å². The molecule has 39 heavy (non-hydrogen) atoms. The first kappa shape index (κ1) is 21.0. The van der Waals surface area contributed by atoms with Gasteiger partial charge in [0.2, 0.25) is 0 Å². The fraction of sp³-hybridized carbons (Fsp3) is 0.0556. The number of furan rings is 1. The van der Waals surface area contributed by atoms with E-state index in [0.717, 1.165) is 27.6 Å². The summed E-state index contributed by atoms with van der Waals surface area (Å²) in [6, 6.07) is 43.5. The Morgan fingerprint density at radius 1 is 0.590 bits per heavy atom. The second-order valence-corrected chi connectivity index (χ2v) is 10.5. The van der Waals surface area contributed by atoms with Gasteiger partial charge in [-0.2, -0.15) is 0 Å². The van der Waals surface area contributed by atoms with Crippen LogP contribution in [-0.4, -0.2) is 4.57 Å². The van der Waals surface area contributed by atoms with Crippen LogP contribution in [0.4, 0.5) is 11.4 Å². The molecular weight excluding hydrogens is 476 g/mol. The van der Waals surface area contributed by atoms with Crippen molar-refractivity contribution < 1.29 is 4.42 Å². The average Bonchev–Trinajstić information content (AvgIpc) is 3.65. The molecule has 5 aromatic carbocycles. The van der Waals surface area contributed by atoms with Gasteiger partial charge in [0.15, 0.2) is 5.58 Å². The largest absolute Gasteiger partial charge is 0.454 e. The van der Waals surface area contributed by atoms with Crippen LogP contribution < -0.4 is 4.90 Å². The first-order valence-corrected chi connectivity index (χ1v) is 13.5. The van der Waals surface area contributed by atoms with Crippen molar-refractivity contribution in [1.29, 1.82) is 0 Å². The maximum Gasteiger partial charge on any atom is 0.159 e. The van der Waals surface area contributed by atoms with Gasteiger partial charge in [-0.05, 0) is 42.0 Å². The summed E-state index contributed by atoms with van der Waals surface area (Å²) >= 11 is 0. The Morgan fingerprint density at radius 2 is 1.31 bits per heavy atom. The SMILES string of the molecule is C1=CC2c3ccccc3N(c3ccccc3)C2c2c1c1ccccc1n2-c1cccc2c1oc1ccccc12. The molecule has 0 amide bonds. The number of aromatic nitrogens is 1. The molecule has 2 unspecified atom stereocenters. The van der Waals surface area contributed by atoms with Crippen LogP contribution in [0.5, 0.6) is 0 Å². The topological polar surface area (TPSA) is 21.3 Å². The minimum atomic E-state index is 0.108. The number of hydrogen-bond donors (Lipinski definition) is 0. The molecule has 0 spiro atoms. The summed E-state index contributed by atoms with van der Waals surface area (Å²) in [6.07, 6.45) is 4.76. The predicted molar refractivity (Wildman–Crippen MR) is 160 cm³/mol. The Labute approximate surface area is 225 Å². The third-order valence-electron chi connectivity index (χ3n) is 8.53. The third kappa shape index (κ3) is 2.77. The molecule has 2 atom stereocenters. The molecular formula is C36H24N2O. The Morgan fingerprint density at radius 3 is 2.23 bits per heavy atom. The lowest BCUT2D eigenvalue weighted by Gasteiger charge is -2.33. The second-order valence-electron chi connectivity index (χ2n) is 10.5. The summed E-state index contributed by atoms with van der Waals surface area (Å²) in [5.41, 5.74) is 10.6. The minimum absolute atomic E-state index is 0.108. The molecule has 0 radical (unpaired) electrons. The number of anilines is 2. The molecule has 0 fully saturated rings. The van der Waals surface area contributed by atoms with E-state index in [2.05, 4.69) is 137 Å². The minimum Gasteiger partial charge on any atom is -0.454 e. The van der Waals surface area contributed by atoms with Gasteiger partial charge in [-0.3, -0.25) is 0 Å². The van der Waals surface area contributed by atoms with Crippen LogP contribution in [-0.2, 0) is 0 Å². The molecule has 3 heteroatoms. The highest BCUT2D eigenvalue weighted by molar-refractivity contribution is 6.08. The molecule has 7 aromatic rings. The number of fused-ring (bicyclic) bond motifs is 10. The zero-order valence-corrected chi connectivity index (χ0v) is 21.2. The maximum atomic E-state index is 6.58. The van der Waals surface area contributed by atoms with E-state index < -0.39 is 0 Å². The quantitative estimate of drug-likeness (QED) is 0.236. The summed E-state index contributed by atoms with van der Waals surface area (Å²) < 4.78 is 9.05. The number of para-hydroxylation sites is 5. The first-order chi connectivity index (χ1) is 19.4. The van der Waals surface area contributed by atoms with Crippen molar-refractivity contribution in [2.45, 2.75) is 12.0 Å². The molecule has 0 bridgehead atoms. The summed E-state index contributed by atoms with van der Waals surface area (Å²) in [5, 5.41) is 3.56. The predicted octanol–water partition coefficient (Wildman–Crippen LogP) is 9.53. The Hall–Kier alpha value is -5.02. The van der Waals surface area contributed by atoms with Crippen molar-refractivity contribution in [3.05, 3.63) is 144 Å². The number of nitrogens with zero attached hydrogens (tertiary/aromatic N) is 2. The molecule has 2 aromatic heterocycles. The highest BCUT2D eigenvalue weighted by Crippen LogP contribution is 2.57. The molecule has 0 saturated heterocycles. The smallest absolute Gasteiger partial charge is 0.159 e. The van der Waals surface area contributed by atoms with Crippen molar-refractivity contribution in [2.75, 3.05) is 4.90 Å². The lowest BCUT2D eigenvalue weighted by molar-refractivity contribution is 0.630. The van der Waals surface area contributed by atoms with Crippen LogP contribution in [0.25, 0.3) is 44.6 Å². The highest BCUT2D eigenvalue weighted by Gasteiger charge is 2.44. The van der Waals surface area contributed by atoms with E-state index in [9.17, 15) is 0 Å². The number of rotatable bonds is 2. The zero-order valence-electron chi connectivity index (χ0n) is 21.2. The fourth-order valence-corrected chi connectivity index (χ4v) is 6.98. The second kappa shape index (κ2) is 7.75. The van der Waals surface area contributed by atoms with Gasteiger partial charge < -0.3 is 13.9 Å². The van der Waals surface area contributed by atoms with Gasteiger partial charge in [0.1, 0.15) is 5.58 Å². The molecule has 1 aliphatic heterocycles. The van der Waals surface area contributed by atoms with E-state index in [-0.39, 0.29) is 12.0 Å². The van der Waals surface area contributed by atoms with Crippen molar-refractivity contribution in [1.82, 2.24) is 4.57 Å². The van der Waals surface area contributed by atoms with E-state index in [4.69, 9.17) is 4.42 Å². The molecule has 184 valence electrons. The van der Waals surface area contributed by atoms with Crippen molar-refractivity contribution in [2.24, 2.45) is 0 Å². The van der Waals surface area contributed by atoms with Gasteiger partial charge >= 0.3 is 0 Å². The average molecular weight is 501 g/mol. The summed E-state index contributed by atoms with van der Waals surface area (Å²) in [7, 11) is 0. The normalized spacial score (nSPS) is 17.6. The third-order valence-corrected chi connectivity index (χ3v) is 8.53. The van der Waals surface area contributed by atoms with E-state index in [0.29, 0.717) is 0 Å². The van der Waals surface area contributed by atoms with Crippen LogP contribution in [0.15, 0.2) is 132 Å². The molecule has 0 N–H and O–H groups in total. The summed E-state index contributed by atoms with van der Waals surface area (Å²) in [5.74, 6) is 0.242.